The summed E-state index contributed by atoms with van der Waals surface area (Å²) < 4.78 is 14.3. The number of anilines is 1. The summed E-state index contributed by atoms with van der Waals surface area (Å²) in [6.45, 7) is 7.41. The highest BCUT2D eigenvalue weighted by atomic mass is 19.1. The van der Waals surface area contributed by atoms with E-state index < -0.39 is 0 Å². The molecule has 4 nitrogen and oxygen atoms in total. The number of benzene rings is 1. The summed E-state index contributed by atoms with van der Waals surface area (Å²) in [5.74, 6) is 0.352. The van der Waals surface area contributed by atoms with Crippen molar-refractivity contribution in [2.45, 2.75) is 20.4 Å². The molecule has 0 bridgehead atoms. The van der Waals surface area contributed by atoms with E-state index in [2.05, 4.69) is 19.2 Å². The lowest BCUT2D eigenvalue weighted by molar-refractivity contribution is -0.129. The second-order valence-electron chi connectivity index (χ2n) is 6.05. The third kappa shape index (κ3) is 4.17. The van der Waals surface area contributed by atoms with Gasteiger partial charge >= 0.3 is 0 Å². The van der Waals surface area contributed by atoms with E-state index in [0.717, 1.165) is 12.1 Å². The molecule has 0 aromatic heterocycles. The Bertz CT molecular complexity index is 504. The lowest BCUT2D eigenvalue weighted by Gasteiger charge is -2.33. The second kappa shape index (κ2) is 6.89. The van der Waals surface area contributed by atoms with Gasteiger partial charge in [-0.2, -0.15) is 0 Å². The number of likely N-dealkylation sites (N-methyl/N-ethyl adjacent to an activating group) is 1. The number of amides is 1. The van der Waals surface area contributed by atoms with Crippen LogP contribution in [0.4, 0.5) is 10.1 Å². The molecular weight excluding hydrogens is 269 g/mol. The summed E-state index contributed by atoms with van der Waals surface area (Å²) in [4.78, 5) is 15.2. The Kier molecular flexibility index (Phi) is 5.17. The molecule has 0 unspecified atom stereocenters. The summed E-state index contributed by atoms with van der Waals surface area (Å²) in [7, 11) is 1.78. The van der Waals surface area contributed by atoms with Crippen molar-refractivity contribution in [3.63, 3.8) is 0 Å². The van der Waals surface area contributed by atoms with Crippen LogP contribution >= 0.6 is 0 Å². The largest absolute Gasteiger partial charge is 0.358 e. The van der Waals surface area contributed by atoms with Crippen LogP contribution in [0.2, 0.25) is 0 Å². The SMILES string of the molecule is CC(C)CNCc1ccc(N2CCN(C)C(=O)C2)c(F)c1. The van der Waals surface area contributed by atoms with E-state index in [1.54, 1.807) is 24.1 Å². The molecule has 1 aliphatic rings. The smallest absolute Gasteiger partial charge is 0.241 e. The van der Waals surface area contributed by atoms with Crippen LogP contribution in [0.5, 0.6) is 0 Å². The third-order valence-corrected chi connectivity index (χ3v) is 3.69. The fourth-order valence-corrected chi connectivity index (χ4v) is 2.39. The van der Waals surface area contributed by atoms with Gasteiger partial charge in [0.1, 0.15) is 5.82 Å². The molecule has 1 amide bonds. The molecule has 1 aromatic carbocycles. The average Bonchev–Trinajstić information content (AvgIpc) is 2.42. The molecule has 1 heterocycles. The van der Waals surface area contributed by atoms with Gasteiger partial charge in [0, 0.05) is 26.7 Å². The predicted octanol–water partition coefficient (Wildman–Crippen LogP) is 1.85. The number of carbonyl (C=O) groups excluding carboxylic acids is 1. The molecule has 5 heteroatoms. The van der Waals surface area contributed by atoms with Gasteiger partial charge < -0.3 is 15.1 Å². The van der Waals surface area contributed by atoms with E-state index in [9.17, 15) is 9.18 Å². The number of hydrogen-bond acceptors (Lipinski definition) is 3. The van der Waals surface area contributed by atoms with Crippen molar-refractivity contribution in [1.29, 1.82) is 0 Å². The van der Waals surface area contributed by atoms with Crippen LogP contribution < -0.4 is 10.2 Å². The van der Waals surface area contributed by atoms with Crippen molar-refractivity contribution in [2.24, 2.45) is 5.92 Å². The first-order chi connectivity index (χ1) is 9.97. The highest BCUT2D eigenvalue weighted by molar-refractivity contribution is 5.82. The van der Waals surface area contributed by atoms with Gasteiger partial charge in [-0.25, -0.2) is 4.39 Å². The molecule has 0 radical (unpaired) electrons. The zero-order chi connectivity index (χ0) is 15.4. The number of piperazine rings is 1. The molecule has 1 saturated heterocycles. The molecule has 21 heavy (non-hydrogen) atoms. The fourth-order valence-electron chi connectivity index (χ4n) is 2.39. The van der Waals surface area contributed by atoms with Gasteiger partial charge in [-0.3, -0.25) is 4.79 Å². The van der Waals surface area contributed by atoms with Crippen LogP contribution in [0.1, 0.15) is 19.4 Å². The molecule has 0 saturated carbocycles. The summed E-state index contributed by atoms with van der Waals surface area (Å²) in [6, 6.07) is 5.26. The summed E-state index contributed by atoms with van der Waals surface area (Å²) in [5, 5.41) is 3.30. The van der Waals surface area contributed by atoms with E-state index in [1.165, 1.54) is 0 Å². The number of nitrogens with one attached hydrogen (secondary N) is 1. The van der Waals surface area contributed by atoms with Gasteiger partial charge in [-0.05, 0) is 30.2 Å². The molecule has 0 spiro atoms. The van der Waals surface area contributed by atoms with Crippen LogP contribution in [0.15, 0.2) is 18.2 Å². The summed E-state index contributed by atoms with van der Waals surface area (Å²) in [6.07, 6.45) is 0. The average molecular weight is 293 g/mol. The second-order valence-corrected chi connectivity index (χ2v) is 6.05. The van der Waals surface area contributed by atoms with Gasteiger partial charge in [0.15, 0.2) is 0 Å². The van der Waals surface area contributed by atoms with E-state index in [4.69, 9.17) is 0 Å². The van der Waals surface area contributed by atoms with Gasteiger partial charge in [0.2, 0.25) is 5.91 Å². The van der Waals surface area contributed by atoms with Gasteiger partial charge in [0.05, 0.1) is 12.2 Å². The van der Waals surface area contributed by atoms with Gasteiger partial charge in [-0.15, -0.1) is 0 Å². The first-order valence-corrected chi connectivity index (χ1v) is 7.45. The van der Waals surface area contributed by atoms with Crippen LogP contribution in [-0.4, -0.2) is 44.0 Å². The Morgan fingerprint density at radius 3 is 2.71 bits per heavy atom. The maximum Gasteiger partial charge on any atom is 0.241 e. The van der Waals surface area contributed by atoms with Gasteiger partial charge in [0.25, 0.3) is 0 Å². The number of carbonyl (C=O) groups is 1. The van der Waals surface area contributed by atoms with Gasteiger partial charge in [-0.1, -0.05) is 19.9 Å². The molecule has 1 N–H and O–H groups in total. The monoisotopic (exact) mass is 293 g/mol. The lowest BCUT2D eigenvalue weighted by Crippen LogP contribution is -2.48. The third-order valence-electron chi connectivity index (χ3n) is 3.69. The minimum absolute atomic E-state index is 0.0309. The van der Waals surface area contributed by atoms with Crippen LogP contribution in [-0.2, 0) is 11.3 Å². The van der Waals surface area contributed by atoms with Crippen molar-refractivity contribution in [1.82, 2.24) is 10.2 Å². The maximum atomic E-state index is 14.3. The van der Waals surface area contributed by atoms with E-state index in [1.807, 2.05) is 11.0 Å². The molecule has 0 aliphatic carbocycles. The Labute approximate surface area is 125 Å². The number of nitrogens with zero attached hydrogens (tertiary/aromatic N) is 2. The molecule has 1 fully saturated rings. The molecule has 2 rings (SSSR count). The Balaban J connectivity index is 2.00. The lowest BCUT2D eigenvalue weighted by atomic mass is 10.1. The van der Waals surface area contributed by atoms with Crippen LogP contribution in [0.25, 0.3) is 0 Å². The quantitative estimate of drug-likeness (QED) is 0.900. The molecule has 0 atom stereocenters. The number of hydrogen-bond donors (Lipinski definition) is 1. The minimum Gasteiger partial charge on any atom is -0.358 e. The summed E-state index contributed by atoms with van der Waals surface area (Å²) in [5.41, 5.74) is 1.45. The Morgan fingerprint density at radius 2 is 2.10 bits per heavy atom. The first-order valence-electron chi connectivity index (χ1n) is 7.45. The van der Waals surface area contributed by atoms with Crippen molar-refractivity contribution in [2.75, 3.05) is 38.1 Å². The summed E-state index contributed by atoms with van der Waals surface area (Å²) >= 11 is 0. The fraction of sp³-hybridized carbons (Fsp3) is 0.562. The standard InChI is InChI=1S/C16H24FN3O/c1-12(2)9-18-10-13-4-5-15(14(17)8-13)20-7-6-19(3)16(21)11-20/h4-5,8,12,18H,6-7,9-11H2,1-3H3. The van der Waals surface area contributed by atoms with Crippen LogP contribution in [0, 0.1) is 11.7 Å². The number of rotatable bonds is 5. The van der Waals surface area contributed by atoms with Crippen molar-refractivity contribution in [3.8, 4) is 0 Å². The molecule has 1 aliphatic heterocycles. The van der Waals surface area contributed by atoms with Crippen molar-refractivity contribution >= 4 is 11.6 Å². The zero-order valence-electron chi connectivity index (χ0n) is 13.0. The topological polar surface area (TPSA) is 35.6 Å². The first kappa shape index (κ1) is 15.8. The van der Waals surface area contributed by atoms with Crippen molar-refractivity contribution in [3.05, 3.63) is 29.6 Å². The zero-order valence-corrected chi connectivity index (χ0v) is 13.0. The minimum atomic E-state index is -0.254. The number of halogens is 1. The molecular formula is C16H24FN3O. The van der Waals surface area contributed by atoms with E-state index >= 15 is 0 Å². The normalized spacial score (nSPS) is 16.0. The highest BCUT2D eigenvalue weighted by Gasteiger charge is 2.23. The Hall–Kier alpha value is -1.62. The predicted molar refractivity (Wildman–Crippen MR) is 82.8 cm³/mol. The molecule has 116 valence electrons. The Morgan fingerprint density at radius 1 is 1.33 bits per heavy atom. The van der Waals surface area contributed by atoms with E-state index in [-0.39, 0.29) is 18.3 Å². The molecule has 1 aromatic rings. The maximum absolute atomic E-state index is 14.3. The van der Waals surface area contributed by atoms with Crippen LogP contribution in [0.3, 0.4) is 0 Å². The van der Waals surface area contributed by atoms with E-state index in [0.29, 0.717) is 31.2 Å². The highest BCUT2D eigenvalue weighted by Crippen LogP contribution is 2.22. The van der Waals surface area contributed by atoms with Crippen molar-refractivity contribution < 1.29 is 9.18 Å².